The Bertz CT molecular complexity index is 626. The van der Waals surface area contributed by atoms with Gasteiger partial charge in [0.1, 0.15) is 5.75 Å². The van der Waals surface area contributed by atoms with E-state index in [4.69, 9.17) is 4.74 Å². The van der Waals surface area contributed by atoms with Crippen molar-refractivity contribution in [3.63, 3.8) is 0 Å². The predicted molar refractivity (Wildman–Crippen MR) is 87.5 cm³/mol. The molecular weight excluding hydrogens is 300 g/mol. The number of thiophene rings is 1. The maximum absolute atomic E-state index is 11.8. The molecule has 0 bridgehead atoms. The number of hydrogen-bond acceptors (Lipinski definition) is 4. The number of ether oxygens (including phenoxy) is 1. The zero-order valence-electron chi connectivity index (χ0n) is 12.3. The van der Waals surface area contributed by atoms with Crippen LogP contribution in [0.15, 0.2) is 41.1 Å². The van der Waals surface area contributed by atoms with Gasteiger partial charge in [0, 0.05) is 35.7 Å². The van der Waals surface area contributed by atoms with Crippen molar-refractivity contribution < 1.29 is 14.3 Å². The SMILES string of the molecule is COc1cccc(NC(=O)CCCNC(=O)c2ccsc2)c1. The number of anilines is 1. The second-order valence-corrected chi connectivity index (χ2v) is 5.43. The molecule has 0 atom stereocenters. The van der Waals surface area contributed by atoms with Crippen LogP contribution in [-0.4, -0.2) is 25.5 Å². The van der Waals surface area contributed by atoms with Crippen molar-refractivity contribution >= 4 is 28.8 Å². The summed E-state index contributed by atoms with van der Waals surface area (Å²) in [6.07, 6.45) is 0.937. The van der Waals surface area contributed by atoms with Crippen LogP contribution < -0.4 is 15.4 Å². The lowest BCUT2D eigenvalue weighted by atomic mass is 10.2. The van der Waals surface area contributed by atoms with Gasteiger partial charge in [0.2, 0.25) is 5.91 Å². The summed E-state index contributed by atoms with van der Waals surface area (Å²) >= 11 is 1.48. The fourth-order valence-electron chi connectivity index (χ4n) is 1.87. The standard InChI is InChI=1S/C16H18N2O3S/c1-21-14-5-2-4-13(10-14)18-15(19)6-3-8-17-16(20)12-7-9-22-11-12/h2,4-5,7,9-11H,3,6,8H2,1H3,(H,17,20)(H,18,19). The quantitative estimate of drug-likeness (QED) is 0.771. The molecule has 2 aromatic rings. The molecule has 0 aliphatic rings. The van der Waals surface area contributed by atoms with E-state index in [1.54, 1.807) is 30.7 Å². The van der Waals surface area contributed by atoms with E-state index in [0.717, 1.165) is 0 Å². The molecule has 0 unspecified atom stereocenters. The summed E-state index contributed by atoms with van der Waals surface area (Å²) in [6.45, 7) is 0.472. The Balaban J connectivity index is 1.68. The van der Waals surface area contributed by atoms with Gasteiger partial charge in [-0.15, -0.1) is 0 Å². The molecule has 0 spiro atoms. The van der Waals surface area contributed by atoms with Gasteiger partial charge in [-0.3, -0.25) is 9.59 Å². The largest absolute Gasteiger partial charge is 0.497 e. The fraction of sp³-hybridized carbons (Fsp3) is 0.250. The average Bonchev–Trinajstić information content (AvgIpc) is 3.06. The van der Waals surface area contributed by atoms with Crippen molar-refractivity contribution in [2.45, 2.75) is 12.8 Å². The maximum Gasteiger partial charge on any atom is 0.252 e. The third kappa shape index (κ3) is 4.89. The Hall–Kier alpha value is -2.34. The average molecular weight is 318 g/mol. The van der Waals surface area contributed by atoms with Gasteiger partial charge in [-0.1, -0.05) is 6.07 Å². The summed E-state index contributed by atoms with van der Waals surface area (Å²) in [5.41, 5.74) is 1.36. The highest BCUT2D eigenvalue weighted by molar-refractivity contribution is 7.08. The highest BCUT2D eigenvalue weighted by Gasteiger charge is 2.06. The molecule has 0 radical (unpaired) electrons. The molecule has 5 nitrogen and oxygen atoms in total. The van der Waals surface area contributed by atoms with E-state index >= 15 is 0 Å². The number of nitrogens with one attached hydrogen (secondary N) is 2. The van der Waals surface area contributed by atoms with Crippen LogP contribution in [0.2, 0.25) is 0 Å². The fourth-order valence-corrected chi connectivity index (χ4v) is 2.51. The van der Waals surface area contributed by atoms with Gasteiger partial charge in [0.05, 0.1) is 7.11 Å². The third-order valence-electron chi connectivity index (χ3n) is 3.00. The van der Waals surface area contributed by atoms with Crippen LogP contribution in [-0.2, 0) is 4.79 Å². The minimum Gasteiger partial charge on any atom is -0.497 e. The molecule has 1 aromatic carbocycles. The van der Waals surface area contributed by atoms with Crippen LogP contribution in [0.5, 0.6) is 5.75 Å². The van der Waals surface area contributed by atoms with Crippen LogP contribution in [0.1, 0.15) is 23.2 Å². The smallest absolute Gasteiger partial charge is 0.252 e. The molecule has 2 amide bonds. The molecule has 22 heavy (non-hydrogen) atoms. The van der Waals surface area contributed by atoms with Crippen molar-refractivity contribution in [3.05, 3.63) is 46.7 Å². The Morgan fingerprint density at radius 2 is 2.14 bits per heavy atom. The minimum atomic E-state index is -0.102. The van der Waals surface area contributed by atoms with Crippen LogP contribution in [0.4, 0.5) is 5.69 Å². The summed E-state index contributed by atoms with van der Waals surface area (Å²) in [7, 11) is 1.58. The lowest BCUT2D eigenvalue weighted by Crippen LogP contribution is -2.25. The van der Waals surface area contributed by atoms with E-state index < -0.39 is 0 Å². The van der Waals surface area contributed by atoms with Gasteiger partial charge in [-0.25, -0.2) is 0 Å². The Morgan fingerprint density at radius 1 is 1.27 bits per heavy atom. The molecule has 1 heterocycles. The Kier molecular flexibility index (Phi) is 5.97. The molecule has 2 N–H and O–H groups in total. The molecule has 0 saturated heterocycles. The van der Waals surface area contributed by atoms with Crippen LogP contribution >= 0.6 is 11.3 Å². The summed E-state index contributed by atoms with van der Waals surface area (Å²) in [6, 6.07) is 8.97. The zero-order valence-corrected chi connectivity index (χ0v) is 13.1. The van der Waals surface area contributed by atoms with E-state index in [0.29, 0.717) is 36.4 Å². The zero-order chi connectivity index (χ0) is 15.8. The van der Waals surface area contributed by atoms with Gasteiger partial charge in [0.25, 0.3) is 5.91 Å². The Morgan fingerprint density at radius 3 is 2.86 bits per heavy atom. The second kappa shape index (κ2) is 8.19. The summed E-state index contributed by atoms with van der Waals surface area (Å²) < 4.78 is 5.10. The molecule has 2 rings (SSSR count). The highest BCUT2D eigenvalue weighted by atomic mass is 32.1. The first-order chi connectivity index (χ1) is 10.7. The number of methoxy groups -OCH3 is 1. The molecule has 1 aromatic heterocycles. The number of carbonyl (C=O) groups is 2. The predicted octanol–water partition coefficient (Wildman–Crippen LogP) is 2.91. The highest BCUT2D eigenvalue weighted by Crippen LogP contribution is 2.16. The number of amides is 2. The normalized spacial score (nSPS) is 10.0. The van der Waals surface area contributed by atoms with Crippen LogP contribution in [0, 0.1) is 0 Å². The number of rotatable bonds is 7. The van der Waals surface area contributed by atoms with Crippen molar-refractivity contribution in [2.24, 2.45) is 0 Å². The first kappa shape index (κ1) is 16.0. The van der Waals surface area contributed by atoms with Gasteiger partial charge in [-0.05, 0) is 30.0 Å². The molecule has 116 valence electrons. The lowest BCUT2D eigenvalue weighted by Gasteiger charge is -2.07. The van der Waals surface area contributed by atoms with Gasteiger partial charge in [-0.2, -0.15) is 11.3 Å². The summed E-state index contributed by atoms with van der Waals surface area (Å²) in [5, 5.41) is 9.25. The molecule has 0 aliphatic carbocycles. The molecular formula is C16H18N2O3S. The Labute approximate surface area is 133 Å². The summed E-state index contributed by atoms with van der Waals surface area (Å²) in [5.74, 6) is 0.508. The molecule has 0 fully saturated rings. The third-order valence-corrected chi connectivity index (χ3v) is 3.69. The van der Waals surface area contributed by atoms with Gasteiger partial charge in [0.15, 0.2) is 0 Å². The minimum absolute atomic E-state index is 0.0852. The van der Waals surface area contributed by atoms with Crippen molar-refractivity contribution in [2.75, 3.05) is 19.0 Å². The van der Waals surface area contributed by atoms with E-state index in [1.165, 1.54) is 11.3 Å². The van der Waals surface area contributed by atoms with E-state index in [2.05, 4.69) is 10.6 Å². The first-order valence-corrected chi connectivity index (χ1v) is 7.87. The molecule has 6 heteroatoms. The van der Waals surface area contributed by atoms with Crippen molar-refractivity contribution in [3.8, 4) is 5.75 Å². The number of benzene rings is 1. The van der Waals surface area contributed by atoms with E-state index in [9.17, 15) is 9.59 Å². The topological polar surface area (TPSA) is 67.4 Å². The monoisotopic (exact) mass is 318 g/mol. The first-order valence-electron chi connectivity index (χ1n) is 6.93. The van der Waals surface area contributed by atoms with Crippen molar-refractivity contribution in [1.82, 2.24) is 5.32 Å². The van der Waals surface area contributed by atoms with Gasteiger partial charge < -0.3 is 15.4 Å². The second-order valence-electron chi connectivity index (χ2n) is 4.65. The van der Waals surface area contributed by atoms with Crippen LogP contribution in [0.25, 0.3) is 0 Å². The van der Waals surface area contributed by atoms with Crippen LogP contribution in [0.3, 0.4) is 0 Å². The molecule has 0 aliphatic heterocycles. The van der Waals surface area contributed by atoms with E-state index in [1.807, 2.05) is 17.5 Å². The van der Waals surface area contributed by atoms with Crippen molar-refractivity contribution in [1.29, 1.82) is 0 Å². The van der Waals surface area contributed by atoms with E-state index in [-0.39, 0.29) is 11.8 Å². The molecule has 0 saturated carbocycles. The van der Waals surface area contributed by atoms with Gasteiger partial charge >= 0.3 is 0 Å². The maximum atomic E-state index is 11.8. The number of hydrogen-bond donors (Lipinski definition) is 2. The summed E-state index contributed by atoms with van der Waals surface area (Å²) in [4.78, 5) is 23.5. The number of carbonyl (C=O) groups excluding carboxylic acids is 2. The lowest BCUT2D eigenvalue weighted by molar-refractivity contribution is -0.116.